The number of hydrogen-bond acceptors (Lipinski definition) is 4. The van der Waals surface area contributed by atoms with Crippen LogP contribution in [0.5, 0.6) is 0 Å². The Kier molecular flexibility index (Phi) is 4.19. The SMILES string of the molecule is CC(N)CC(C)NC(=O)c1ccc(=O)[nH]n1. The van der Waals surface area contributed by atoms with Crippen LogP contribution in [-0.4, -0.2) is 28.2 Å². The molecule has 0 spiro atoms. The Morgan fingerprint density at radius 3 is 2.75 bits per heavy atom. The maximum atomic E-state index is 11.6. The molecule has 0 saturated heterocycles. The molecule has 0 aromatic carbocycles. The van der Waals surface area contributed by atoms with E-state index in [1.54, 1.807) is 0 Å². The third kappa shape index (κ3) is 3.82. The molecule has 88 valence electrons. The van der Waals surface area contributed by atoms with Gasteiger partial charge in [0, 0.05) is 18.2 Å². The number of nitrogens with two attached hydrogens (primary N) is 1. The van der Waals surface area contributed by atoms with E-state index in [-0.39, 0.29) is 29.2 Å². The molecule has 0 saturated carbocycles. The van der Waals surface area contributed by atoms with Crippen molar-refractivity contribution in [3.8, 4) is 0 Å². The minimum atomic E-state index is -0.333. The molecular weight excluding hydrogens is 208 g/mol. The number of H-pyrrole nitrogens is 1. The molecule has 16 heavy (non-hydrogen) atoms. The summed E-state index contributed by atoms with van der Waals surface area (Å²) >= 11 is 0. The van der Waals surface area contributed by atoms with Gasteiger partial charge < -0.3 is 11.1 Å². The lowest BCUT2D eigenvalue weighted by Gasteiger charge is -2.15. The second-order valence-electron chi connectivity index (χ2n) is 3.89. The van der Waals surface area contributed by atoms with Gasteiger partial charge in [-0.25, -0.2) is 5.10 Å². The van der Waals surface area contributed by atoms with E-state index in [4.69, 9.17) is 5.73 Å². The molecule has 1 amide bonds. The average Bonchev–Trinajstić information content (AvgIpc) is 2.16. The molecule has 2 atom stereocenters. The van der Waals surface area contributed by atoms with Gasteiger partial charge in [-0.15, -0.1) is 0 Å². The third-order valence-electron chi connectivity index (χ3n) is 2.01. The smallest absolute Gasteiger partial charge is 0.271 e. The number of rotatable bonds is 4. The summed E-state index contributed by atoms with van der Waals surface area (Å²) in [6.45, 7) is 3.74. The molecule has 1 rings (SSSR count). The molecule has 0 radical (unpaired) electrons. The fourth-order valence-corrected chi connectivity index (χ4v) is 1.39. The summed E-state index contributed by atoms with van der Waals surface area (Å²) in [5, 5.41) is 8.58. The highest BCUT2D eigenvalue weighted by Gasteiger charge is 2.12. The summed E-state index contributed by atoms with van der Waals surface area (Å²) in [7, 11) is 0. The van der Waals surface area contributed by atoms with Crippen molar-refractivity contribution < 1.29 is 4.79 Å². The summed E-state index contributed by atoms with van der Waals surface area (Å²) in [5.74, 6) is -0.315. The molecule has 0 aliphatic carbocycles. The topological polar surface area (TPSA) is 101 Å². The van der Waals surface area contributed by atoms with Gasteiger partial charge in [0.05, 0.1) is 0 Å². The van der Waals surface area contributed by atoms with Gasteiger partial charge in [-0.05, 0) is 26.3 Å². The van der Waals surface area contributed by atoms with Crippen LogP contribution in [0, 0.1) is 0 Å². The Labute approximate surface area is 93.2 Å². The zero-order valence-electron chi connectivity index (χ0n) is 9.36. The lowest BCUT2D eigenvalue weighted by atomic mass is 10.1. The van der Waals surface area contributed by atoms with Gasteiger partial charge in [0.15, 0.2) is 0 Å². The van der Waals surface area contributed by atoms with Crippen LogP contribution in [0.2, 0.25) is 0 Å². The largest absolute Gasteiger partial charge is 0.348 e. The van der Waals surface area contributed by atoms with Crippen LogP contribution in [0.3, 0.4) is 0 Å². The molecule has 0 bridgehead atoms. The van der Waals surface area contributed by atoms with Gasteiger partial charge in [0.1, 0.15) is 5.69 Å². The molecule has 1 heterocycles. The van der Waals surface area contributed by atoms with Gasteiger partial charge in [-0.1, -0.05) is 0 Å². The molecule has 6 heteroatoms. The first-order valence-electron chi connectivity index (χ1n) is 5.11. The fourth-order valence-electron chi connectivity index (χ4n) is 1.39. The maximum Gasteiger partial charge on any atom is 0.271 e. The van der Waals surface area contributed by atoms with Crippen LogP contribution >= 0.6 is 0 Å². The summed E-state index contributed by atoms with van der Waals surface area (Å²) in [6.07, 6.45) is 0.690. The highest BCUT2D eigenvalue weighted by molar-refractivity contribution is 5.92. The summed E-state index contributed by atoms with van der Waals surface area (Å²) < 4.78 is 0. The van der Waals surface area contributed by atoms with Crippen molar-refractivity contribution >= 4 is 5.91 Å². The predicted octanol–water partition coefficient (Wildman–Crippen LogP) is -0.374. The van der Waals surface area contributed by atoms with E-state index in [9.17, 15) is 9.59 Å². The third-order valence-corrected chi connectivity index (χ3v) is 2.01. The molecular formula is C10H16N4O2. The lowest BCUT2D eigenvalue weighted by Crippen LogP contribution is -2.37. The normalized spacial score (nSPS) is 14.2. The Morgan fingerprint density at radius 2 is 2.25 bits per heavy atom. The van der Waals surface area contributed by atoms with Crippen molar-refractivity contribution in [2.45, 2.75) is 32.4 Å². The zero-order valence-corrected chi connectivity index (χ0v) is 9.36. The van der Waals surface area contributed by atoms with E-state index in [0.29, 0.717) is 6.42 Å². The van der Waals surface area contributed by atoms with Gasteiger partial charge in [0.25, 0.3) is 11.5 Å². The minimum Gasteiger partial charge on any atom is -0.348 e. The van der Waals surface area contributed by atoms with E-state index < -0.39 is 0 Å². The van der Waals surface area contributed by atoms with E-state index in [0.717, 1.165) is 0 Å². The van der Waals surface area contributed by atoms with E-state index in [2.05, 4.69) is 15.5 Å². The lowest BCUT2D eigenvalue weighted by molar-refractivity contribution is 0.0931. The molecule has 6 nitrogen and oxygen atoms in total. The predicted molar refractivity (Wildman–Crippen MR) is 60.1 cm³/mol. The van der Waals surface area contributed by atoms with Crippen LogP contribution in [0.15, 0.2) is 16.9 Å². The summed E-state index contributed by atoms with van der Waals surface area (Å²) in [6, 6.07) is 2.64. The van der Waals surface area contributed by atoms with Crippen molar-refractivity contribution in [3.05, 3.63) is 28.2 Å². The molecule has 1 aromatic heterocycles. The van der Waals surface area contributed by atoms with E-state index in [1.165, 1.54) is 12.1 Å². The maximum absolute atomic E-state index is 11.6. The van der Waals surface area contributed by atoms with Crippen LogP contribution in [0.1, 0.15) is 30.8 Å². The van der Waals surface area contributed by atoms with Gasteiger partial charge in [-0.2, -0.15) is 5.10 Å². The standard InChI is InChI=1S/C10H16N4O2/c1-6(11)5-7(2)12-10(16)8-3-4-9(15)14-13-8/h3-4,6-7H,5,11H2,1-2H3,(H,12,16)(H,14,15). The number of aromatic amines is 1. The Balaban J connectivity index is 2.58. The minimum absolute atomic E-state index is 0.0266. The second-order valence-corrected chi connectivity index (χ2v) is 3.89. The van der Waals surface area contributed by atoms with Crippen molar-refractivity contribution in [1.82, 2.24) is 15.5 Å². The highest BCUT2D eigenvalue weighted by atomic mass is 16.2. The molecule has 1 aromatic rings. The number of hydrogen-bond donors (Lipinski definition) is 3. The van der Waals surface area contributed by atoms with Gasteiger partial charge in [0.2, 0.25) is 0 Å². The molecule has 0 aliphatic rings. The van der Waals surface area contributed by atoms with Gasteiger partial charge >= 0.3 is 0 Å². The zero-order chi connectivity index (χ0) is 12.1. The summed E-state index contributed by atoms with van der Waals surface area (Å²) in [5.41, 5.74) is 5.47. The number of carbonyl (C=O) groups excluding carboxylic acids is 1. The van der Waals surface area contributed by atoms with Crippen molar-refractivity contribution in [1.29, 1.82) is 0 Å². The first-order chi connectivity index (χ1) is 7.49. The van der Waals surface area contributed by atoms with Crippen molar-refractivity contribution in [2.75, 3.05) is 0 Å². The number of nitrogens with zero attached hydrogens (tertiary/aromatic N) is 1. The van der Waals surface area contributed by atoms with Crippen LogP contribution < -0.4 is 16.6 Å². The summed E-state index contributed by atoms with van der Waals surface area (Å²) in [4.78, 5) is 22.4. The van der Waals surface area contributed by atoms with Crippen LogP contribution in [0.25, 0.3) is 0 Å². The first-order valence-corrected chi connectivity index (χ1v) is 5.11. The Bertz CT molecular complexity index is 393. The molecule has 4 N–H and O–H groups in total. The Morgan fingerprint density at radius 1 is 1.56 bits per heavy atom. The Hall–Kier alpha value is -1.69. The number of aromatic nitrogens is 2. The highest BCUT2D eigenvalue weighted by Crippen LogP contribution is 1.97. The average molecular weight is 224 g/mol. The molecule has 0 aliphatic heterocycles. The first kappa shape index (κ1) is 12.4. The van der Waals surface area contributed by atoms with Gasteiger partial charge in [-0.3, -0.25) is 9.59 Å². The van der Waals surface area contributed by atoms with E-state index >= 15 is 0 Å². The number of carbonyl (C=O) groups is 1. The number of amides is 1. The molecule has 0 fully saturated rings. The number of nitrogens with one attached hydrogen (secondary N) is 2. The van der Waals surface area contributed by atoms with E-state index in [1.807, 2.05) is 13.8 Å². The van der Waals surface area contributed by atoms with Crippen molar-refractivity contribution in [3.63, 3.8) is 0 Å². The molecule has 2 unspecified atom stereocenters. The van der Waals surface area contributed by atoms with Crippen LogP contribution in [0.4, 0.5) is 0 Å². The quantitative estimate of drug-likeness (QED) is 0.649. The van der Waals surface area contributed by atoms with Crippen molar-refractivity contribution in [2.24, 2.45) is 5.73 Å². The monoisotopic (exact) mass is 224 g/mol. The fraction of sp³-hybridized carbons (Fsp3) is 0.500. The second kappa shape index (κ2) is 5.41. The van der Waals surface area contributed by atoms with Crippen LogP contribution in [-0.2, 0) is 0 Å².